The lowest BCUT2D eigenvalue weighted by atomic mass is 9.93. The van der Waals surface area contributed by atoms with Crippen LogP contribution in [-0.4, -0.2) is 41.1 Å². The van der Waals surface area contributed by atoms with Crippen molar-refractivity contribution in [2.75, 3.05) is 29.6 Å². The largest absolute Gasteiger partial charge is 0.324 e. The molecule has 1 aliphatic rings. The molecule has 0 saturated carbocycles. The smallest absolute Gasteiger partial charge is 0.150 e. The first-order valence-corrected chi connectivity index (χ1v) is 9.55. The molecule has 0 unspecified atom stereocenters. The van der Waals surface area contributed by atoms with Gasteiger partial charge in [-0.2, -0.15) is 23.5 Å². The predicted molar refractivity (Wildman–Crippen MR) is 89.4 cm³/mol. The maximum Gasteiger partial charge on any atom is 0.150 e. The first-order valence-electron chi connectivity index (χ1n) is 7.25. The predicted octanol–water partition coefficient (Wildman–Crippen LogP) is 2.54. The van der Waals surface area contributed by atoms with Gasteiger partial charge in [-0.3, -0.25) is 9.59 Å². The van der Waals surface area contributed by atoms with E-state index in [4.69, 9.17) is 5.73 Å². The molecular formula is C15H25NO2S2. The third-order valence-electron chi connectivity index (χ3n) is 3.58. The van der Waals surface area contributed by atoms with Crippen LogP contribution >= 0.6 is 23.5 Å². The molecule has 20 heavy (non-hydrogen) atoms. The summed E-state index contributed by atoms with van der Waals surface area (Å²) in [5.41, 5.74) is 5.47. The van der Waals surface area contributed by atoms with E-state index >= 15 is 0 Å². The average Bonchev–Trinajstić information content (AvgIpc) is 2.48. The summed E-state index contributed by atoms with van der Waals surface area (Å²) in [4.78, 5) is 24.1. The van der Waals surface area contributed by atoms with Crippen LogP contribution in [0.3, 0.4) is 0 Å². The van der Waals surface area contributed by atoms with E-state index in [9.17, 15) is 9.59 Å². The Hall–Kier alpha value is -0.260. The van der Waals surface area contributed by atoms with Crippen LogP contribution in [0.15, 0.2) is 12.2 Å². The summed E-state index contributed by atoms with van der Waals surface area (Å²) < 4.78 is 0. The maximum atomic E-state index is 12.2. The Morgan fingerprint density at radius 3 is 2.55 bits per heavy atom. The van der Waals surface area contributed by atoms with Crippen molar-refractivity contribution in [3.05, 3.63) is 12.2 Å². The molecule has 1 rings (SSSR count). The fourth-order valence-electron chi connectivity index (χ4n) is 2.16. The van der Waals surface area contributed by atoms with Crippen molar-refractivity contribution < 1.29 is 9.59 Å². The van der Waals surface area contributed by atoms with Crippen LogP contribution in [0.5, 0.6) is 0 Å². The Kier molecular flexibility index (Phi) is 9.31. The lowest BCUT2D eigenvalue weighted by Gasteiger charge is -2.16. The van der Waals surface area contributed by atoms with Gasteiger partial charge in [0.1, 0.15) is 11.6 Å². The van der Waals surface area contributed by atoms with Gasteiger partial charge in [0, 0.05) is 41.3 Å². The minimum absolute atomic E-state index is 0.0618. The second-order valence-corrected chi connectivity index (χ2v) is 7.17. The molecule has 114 valence electrons. The number of hydrogen-bond acceptors (Lipinski definition) is 5. The van der Waals surface area contributed by atoms with Crippen molar-refractivity contribution in [1.82, 2.24) is 0 Å². The monoisotopic (exact) mass is 315 g/mol. The quantitative estimate of drug-likeness (QED) is 0.811. The van der Waals surface area contributed by atoms with Crippen LogP contribution in [0.4, 0.5) is 0 Å². The van der Waals surface area contributed by atoms with Crippen molar-refractivity contribution in [1.29, 1.82) is 0 Å². The van der Waals surface area contributed by atoms with E-state index in [1.165, 1.54) is 0 Å². The van der Waals surface area contributed by atoms with E-state index < -0.39 is 0 Å². The summed E-state index contributed by atoms with van der Waals surface area (Å²) in [6, 6.07) is 0. The highest BCUT2D eigenvalue weighted by Gasteiger charge is 2.21. The molecule has 0 amide bonds. The molecule has 2 atom stereocenters. The number of thioether (sulfide) groups is 2. The van der Waals surface area contributed by atoms with Crippen LogP contribution in [0.25, 0.3) is 0 Å². The van der Waals surface area contributed by atoms with E-state index in [2.05, 4.69) is 19.1 Å². The van der Waals surface area contributed by atoms with Gasteiger partial charge in [0.05, 0.1) is 6.54 Å². The van der Waals surface area contributed by atoms with Crippen molar-refractivity contribution in [2.45, 2.75) is 26.2 Å². The molecule has 0 fully saturated rings. The van der Waals surface area contributed by atoms with E-state index in [-0.39, 0.29) is 24.2 Å². The molecule has 0 aromatic heterocycles. The number of nitrogens with two attached hydrogens (primary N) is 1. The molecule has 0 aliphatic carbocycles. The van der Waals surface area contributed by atoms with Crippen molar-refractivity contribution in [2.24, 2.45) is 17.6 Å². The van der Waals surface area contributed by atoms with E-state index in [1.54, 1.807) is 11.8 Å². The number of ketones is 2. The molecule has 0 radical (unpaired) electrons. The third kappa shape index (κ3) is 6.46. The highest BCUT2D eigenvalue weighted by molar-refractivity contribution is 7.99. The maximum absolute atomic E-state index is 12.2. The van der Waals surface area contributed by atoms with Gasteiger partial charge in [-0.25, -0.2) is 0 Å². The summed E-state index contributed by atoms with van der Waals surface area (Å²) in [7, 11) is 0. The number of hydrogen-bond donors (Lipinski definition) is 1. The average molecular weight is 316 g/mol. The van der Waals surface area contributed by atoms with Crippen LogP contribution < -0.4 is 5.73 Å². The molecule has 0 spiro atoms. The van der Waals surface area contributed by atoms with Crippen molar-refractivity contribution in [3.8, 4) is 0 Å². The molecule has 0 aromatic rings. The number of carbonyl (C=O) groups excluding carboxylic acids is 2. The summed E-state index contributed by atoms with van der Waals surface area (Å²) in [6.45, 7) is 2.15. The summed E-state index contributed by atoms with van der Waals surface area (Å²) >= 11 is 3.57. The molecule has 0 saturated heterocycles. The zero-order valence-corrected chi connectivity index (χ0v) is 13.8. The second-order valence-electron chi connectivity index (χ2n) is 5.02. The van der Waals surface area contributed by atoms with Gasteiger partial charge in [0.15, 0.2) is 0 Å². The van der Waals surface area contributed by atoms with Crippen molar-refractivity contribution in [3.63, 3.8) is 0 Å². The fraction of sp³-hybridized carbons (Fsp3) is 0.733. The number of carbonyl (C=O) groups is 2. The van der Waals surface area contributed by atoms with E-state index in [1.807, 2.05) is 11.8 Å². The summed E-state index contributed by atoms with van der Waals surface area (Å²) in [5.74, 6) is 4.04. The highest BCUT2D eigenvalue weighted by atomic mass is 32.2. The molecule has 2 N–H and O–H groups in total. The van der Waals surface area contributed by atoms with Gasteiger partial charge >= 0.3 is 0 Å². The molecule has 1 heterocycles. The standard InChI is InChI=1S/C15H25NO2S2/c1-2-12-10-19-7-3-4-8-20-11-13(15(18)9-16)5-6-14(12)17/h3-4,12-13H,2,5-11,16H2,1H3/b4-3+/t12-,13-/m0/s1. The lowest BCUT2D eigenvalue weighted by molar-refractivity contribution is -0.123. The third-order valence-corrected chi connectivity index (χ3v) is 5.71. The SMILES string of the molecule is CC[C@H]1CSC/C=C/CSC[C@@H](C(=O)CN)CCC1=O. The number of Topliss-reactive ketones (excluding diaryl/α,β-unsaturated/α-hetero) is 2. The Balaban J connectivity index is 2.66. The van der Waals surface area contributed by atoms with Crippen LogP contribution in [0, 0.1) is 11.8 Å². The minimum Gasteiger partial charge on any atom is -0.324 e. The van der Waals surface area contributed by atoms with Crippen LogP contribution in [0.1, 0.15) is 26.2 Å². The Bertz CT molecular complexity index is 345. The van der Waals surface area contributed by atoms with Gasteiger partial charge < -0.3 is 5.73 Å². The van der Waals surface area contributed by atoms with Gasteiger partial charge in [0.2, 0.25) is 0 Å². The van der Waals surface area contributed by atoms with Crippen LogP contribution in [-0.2, 0) is 9.59 Å². The lowest BCUT2D eigenvalue weighted by Crippen LogP contribution is -2.27. The Morgan fingerprint density at radius 2 is 1.95 bits per heavy atom. The normalized spacial score (nSPS) is 28.0. The summed E-state index contributed by atoms with van der Waals surface area (Å²) in [5, 5.41) is 0. The molecule has 1 aliphatic heterocycles. The molecule has 5 heteroatoms. The fourth-order valence-corrected chi connectivity index (χ4v) is 4.32. The molecular weight excluding hydrogens is 290 g/mol. The van der Waals surface area contributed by atoms with Gasteiger partial charge in [-0.1, -0.05) is 19.1 Å². The number of rotatable bonds is 3. The first-order chi connectivity index (χ1) is 9.69. The molecule has 0 bridgehead atoms. The topological polar surface area (TPSA) is 60.2 Å². The Labute approximate surface area is 130 Å². The zero-order chi connectivity index (χ0) is 14.8. The van der Waals surface area contributed by atoms with Crippen molar-refractivity contribution >= 4 is 35.1 Å². The van der Waals surface area contributed by atoms with Gasteiger partial charge in [-0.15, -0.1) is 0 Å². The molecule has 0 aromatic carbocycles. The highest BCUT2D eigenvalue weighted by Crippen LogP contribution is 2.21. The van der Waals surface area contributed by atoms with Gasteiger partial charge in [-0.05, 0) is 12.8 Å². The second kappa shape index (κ2) is 10.5. The van der Waals surface area contributed by atoms with E-state index in [0.717, 1.165) is 29.4 Å². The first kappa shape index (κ1) is 17.8. The van der Waals surface area contributed by atoms with E-state index in [0.29, 0.717) is 18.6 Å². The van der Waals surface area contributed by atoms with Crippen LogP contribution in [0.2, 0.25) is 0 Å². The summed E-state index contributed by atoms with van der Waals surface area (Å²) in [6.07, 6.45) is 6.38. The molecule has 3 nitrogen and oxygen atoms in total. The Morgan fingerprint density at radius 1 is 1.30 bits per heavy atom. The van der Waals surface area contributed by atoms with Gasteiger partial charge in [0.25, 0.3) is 0 Å². The zero-order valence-electron chi connectivity index (χ0n) is 12.2. The minimum atomic E-state index is -0.0618.